The highest BCUT2D eigenvalue weighted by atomic mass is 32.2. The Morgan fingerprint density at radius 2 is 2.20 bits per heavy atom. The molecular formula is C12H20N4O3S. The Hall–Kier alpha value is -0.960. The van der Waals surface area contributed by atoms with Crippen LogP contribution in [0.25, 0.3) is 0 Å². The van der Waals surface area contributed by atoms with E-state index in [4.69, 9.17) is 10.5 Å². The van der Waals surface area contributed by atoms with E-state index in [0.29, 0.717) is 23.9 Å². The lowest BCUT2D eigenvalue weighted by Crippen LogP contribution is -2.41. The van der Waals surface area contributed by atoms with Crippen LogP contribution >= 0.6 is 0 Å². The van der Waals surface area contributed by atoms with Crippen molar-refractivity contribution in [3.05, 3.63) is 11.4 Å². The van der Waals surface area contributed by atoms with Crippen LogP contribution in [-0.2, 0) is 21.3 Å². The zero-order chi connectivity index (χ0) is 14.3. The van der Waals surface area contributed by atoms with E-state index >= 15 is 0 Å². The molecule has 20 heavy (non-hydrogen) atoms. The van der Waals surface area contributed by atoms with Gasteiger partial charge in [-0.25, -0.2) is 13.1 Å². The van der Waals surface area contributed by atoms with E-state index in [1.165, 1.54) is 0 Å². The first-order valence-corrected chi connectivity index (χ1v) is 8.39. The van der Waals surface area contributed by atoms with E-state index in [2.05, 4.69) is 14.9 Å². The molecule has 2 heterocycles. The number of hydrogen-bond donors (Lipinski definition) is 3. The van der Waals surface area contributed by atoms with Gasteiger partial charge in [-0.15, -0.1) is 0 Å². The molecule has 1 aliphatic heterocycles. The van der Waals surface area contributed by atoms with Crippen LogP contribution < -0.4 is 10.5 Å². The Morgan fingerprint density at radius 1 is 1.45 bits per heavy atom. The molecular weight excluding hydrogens is 280 g/mol. The maximum absolute atomic E-state index is 12.6. The summed E-state index contributed by atoms with van der Waals surface area (Å²) in [6.45, 7) is 2.39. The lowest BCUT2D eigenvalue weighted by molar-refractivity contribution is 0.0848. The Balaban J connectivity index is 1.83. The quantitative estimate of drug-likeness (QED) is 0.710. The number of nitrogens with two attached hydrogens (primary N) is 1. The van der Waals surface area contributed by atoms with E-state index in [-0.39, 0.29) is 23.6 Å². The molecule has 0 spiro atoms. The summed E-state index contributed by atoms with van der Waals surface area (Å²) >= 11 is 0. The van der Waals surface area contributed by atoms with Crippen LogP contribution in [0.15, 0.2) is 4.90 Å². The van der Waals surface area contributed by atoms with Crippen molar-refractivity contribution in [1.29, 1.82) is 0 Å². The lowest BCUT2D eigenvalue weighted by atomic mass is 10.1. The molecule has 0 bridgehead atoms. The van der Waals surface area contributed by atoms with Crippen molar-refractivity contribution in [3.8, 4) is 0 Å². The van der Waals surface area contributed by atoms with Crippen molar-refractivity contribution in [1.82, 2.24) is 14.9 Å². The van der Waals surface area contributed by atoms with Crippen LogP contribution in [0.1, 0.15) is 30.7 Å². The second kappa shape index (κ2) is 5.10. The minimum atomic E-state index is -3.62. The summed E-state index contributed by atoms with van der Waals surface area (Å²) in [5, 5.41) is 6.63. The van der Waals surface area contributed by atoms with Gasteiger partial charge >= 0.3 is 0 Å². The third kappa shape index (κ3) is 2.48. The predicted octanol–water partition coefficient (Wildman–Crippen LogP) is 0.0226. The number of rotatable bonds is 5. The summed E-state index contributed by atoms with van der Waals surface area (Å²) in [6, 6.07) is -0.146. The highest BCUT2D eigenvalue weighted by Crippen LogP contribution is 2.39. The predicted molar refractivity (Wildman–Crippen MR) is 72.4 cm³/mol. The third-order valence-corrected chi connectivity index (χ3v) is 5.64. The molecule has 2 atom stereocenters. The number of nitrogens with zero attached hydrogens (tertiary/aromatic N) is 1. The summed E-state index contributed by atoms with van der Waals surface area (Å²) in [4.78, 5) is 0.182. The summed E-state index contributed by atoms with van der Waals surface area (Å²) < 4.78 is 33.6. The third-order valence-electron chi connectivity index (χ3n) is 3.95. The zero-order valence-corrected chi connectivity index (χ0v) is 12.2. The largest absolute Gasteiger partial charge is 0.376 e. The van der Waals surface area contributed by atoms with Crippen molar-refractivity contribution in [2.24, 2.45) is 11.7 Å². The van der Waals surface area contributed by atoms with Gasteiger partial charge in [0.05, 0.1) is 23.5 Å². The molecule has 2 unspecified atom stereocenters. The average molecular weight is 300 g/mol. The molecule has 1 saturated carbocycles. The first-order chi connectivity index (χ1) is 9.53. The second-order valence-electron chi connectivity index (χ2n) is 5.52. The number of aryl methyl sites for hydroxylation is 1. The number of nitrogens with one attached hydrogen (secondary N) is 2. The van der Waals surface area contributed by atoms with Crippen LogP contribution in [-0.4, -0.2) is 37.4 Å². The highest BCUT2D eigenvalue weighted by Gasteiger charge is 2.42. The molecule has 0 amide bonds. The molecule has 8 heteroatoms. The van der Waals surface area contributed by atoms with Gasteiger partial charge in [0, 0.05) is 13.2 Å². The Kier molecular flexibility index (Phi) is 3.57. The van der Waals surface area contributed by atoms with E-state index in [9.17, 15) is 8.42 Å². The van der Waals surface area contributed by atoms with Gasteiger partial charge in [0.2, 0.25) is 10.0 Å². The topological polar surface area (TPSA) is 110 Å². The van der Waals surface area contributed by atoms with Gasteiger partial charge in [-0.2, -0.15) is 5.10 Å². The molecule has 0 aromatic carbocycles. The number of aromatic amines is 1. The summed E-state index contributed by atoms with van der Waals surface area (Å²) in [7, 11) is -3.62. The fraction of sp³-hybridized carbons (Fsp3) is 0.750. The Labute approximate surface area is 118 Å². The molecule has 7 nitrogen and oxygen atoms in total. The summed E-state index contributed by atoms with van der Waals surface area (Å²) in [5.41, 5.74) is 6.44. The first-order valence-electron chi connectivity index (χ1n) is 6.91. The van der Waals surface area contributed by atoms with Crippen LogP contribution in [0.3, 0.4) is 0 Å². The number of aromatic nitrogens is 2. The Bertz CT molecular complexity index is 594. The van der Waals surface area contributed by atoms with Crippen molar-refractivity contribution < 1.29 is 13.2 Å². The van der Waals surface area contributed by atoms with Gasteiger partial charge in [-0.05, 0) is 32.1 Å². The van der Waals surface area contributed by atoms with Crippen LogP contribution in [0.5, 0.6) is 0 Å². The number of H-pyrrole nitrogens is 1. The van der Waals surface area contributed by atoms with Crippen molar-refractivity contribution >= 4 is 10.0 Å². The van der Waals surface area contributed by atoms with Crippen molar-refractivity contribution in [3.63, 3.8) is 0 Å². The van der Waals surface area contributed by atoms with Crippen LogP contribution in [0.2, 0.25) is 0 Å². The molecule has 1 aromatic heterocycles. The van der Waals surface area contributed by atoms with E-state index in [0.717, 1.165) is 19.3 Å². The molecule has 1 aromatic rings. The van der Waals surface area contributed by atoms with Gasteiger partial charge in [0.15, 0.2) is 0 Å². The summed E-state index contributed by atoms with van der Waals surface area (Å²) in [6.07, 6.45) is 2.98. The molecule has 3 rings (SSSR count). The first kappa shape index (κ1) is 14.0. The minimum absolute atomic E-state index is 0.0123. The molecule has 112 valence electrons. The molecule has 1 aliphatic carbocycles. The average Bonchev–Trinajstić information content (AvgIpc) is 3.01. The van der Waals surface area contributed by atoms with Gasteiger partial charge in [-0.1, -0.05) is 0 Å². The van der Waals surface area contributed by atoms with E-state index < -0.39 is 10.0 Å². The van der Waals surface area contributed by atoms with Crippen molar-refractivity contribution in [2.45, 2.75) is 49.8 Å². The van der Waals surface area contributed by atoms with Crippen LogP contribution in [0.4, 0.5) is 0 Å². The van der Waals surface area contributed by atoms with Crippen molar-refractivity contribution in [2.75, 3.05) is 6.61 Å². The fourth-order valence-electron chi connectivity index (χ4n) is 2.85. The molecule has 2 fully saturated rings. The maximum Gasteiger partial charge on any atom is 0.244 e. The van der Waals surface area contributed by atoms with Gasteiger partial charge < -0.3 is 10.5 Å². The summed E-state index contributed by atoms with van der Waals surface area (Å²) in [5.74, 6) is 0.504. The smallest absolute Gasteiger partial charge is 0.244 e. The van der Waals surface area contributed by atoms with Gasteiger partial charge in [0.25, 0.3) is 0 Å². The van der Waals surface area contributed by atoms with Gasteiger partial charge in [-0.3, -0.25) is 5.10 Å². The minimum Gasteiger partial charge on any atom is -0.376 e. The van der Waals surface area contributed by atoms with Gasteiger partial charge in [0.1, 0.15) is 4.90 Å². The normalized spacial score (nSPS) is 27.1. The van der Waals surface area contributed by atoms with E-state index in [1.54, 1.807) is 6.92 Å². The molecule has 4 N–H and O–H groups in total. The molecule has 2 aliphatic rings. The molecule has 0 radical (unpaired) electrons. The Morgan fingerprint density at radius 3 is 2.85 bits per heavy atom. The highest BCUT2D eigenvalue weighted by molar-refractivity contribution is 7.89. The van der Waals surface area contributed by atoms with Crippen LogP contribution in [0, 0.1) is 12.8 Å². The SMILES string of the molecule is Cc1[nH]nc(CN)c1S(=O)(=O)NC1CCOC1C1CC1. The standard InChI is InChI=1S/C12H20N4O3S/c1-7-12(10(6-13)15-14-7)20(17,18)16-9-4-5-19-11(9)8-2-3-8/h8-9,11,16H,2-6,13H2,1H3,(H,14,15). The zero-order valence-electron chi connectivity index (χ0n) is 11.4. The molecule has 1 saturated heterocycles. The maximum atomic E-state index is 12.6. The fourth-order valence-corrected chi connectivity index (χ4v) is 4.51. The monoisotopic (exact) mass is 300 g/mol. The number of sulfonamides is 1. The second-order valence-corrected chi connectivity index (χ2v) is 7.17. The number of ether oxygens (including phenoxy) is 1. The number of hydrogen-bond acceptors (Lipinski definition) is 5. The van der Waals surface area contributed by atoms with E-state index in [1.807, 2.05) is 0 Å². The lowest BCUT2D eigenvalue weighted by Gasteiger charge is -2.19.